The summed E-state index contributed by atoms with van der Waals surface area (Å²) in [5.74, 6) is 0. The van der Waals surface area contributed by atoms with Crippen LogP contribution in [0.25, 0.3) is 0 Å². The van der Waals surface area contributed by atoms with Crippen molar-refractivity contribution in [2.24, 2.45) is 0 Å². The number of nitrogen functional groups attached to an aromatic ring is 1. The Morgan fingerprint density at radius 1 is 1.50 bits per heavy atom. The maximum Gasteiger partial charge on any atom is 0.0606 e. The van der Waals surface area contributed by atoms with Crippen molar-refractivity contribution in [1.82, 2.24) is 0 Å². The van der Waals surface area contributed by atoms with E-state index in [0.717, 1.165) is 30.8 Å². The number of benzene rings is 1. The van der Waals surface area contributed by atoms with Gasteiger partial charge in [-0.3, -0.25) is 0 Å². The summed E-state index contributed by atoms with van der Waals surface area (Å²) in [6.45, 7) is 3.95. The number of aryl methyl sites for hydroxylation is 1. The number of nitrogens with zero attached hydrogens (tertiary/aromatic N) is 1. The average molecular weight is 192 g/mol. The van der Waals surface area contributed by atoms with Crippen LogP contribution in [0.1, 0.15) is 11.1 Å². The number of anilines is 2. The van der Waals surface area contributed by atoms with Crippen molar-refractivity contribution in [3.8, 4) is 0 Å². The lowest BCUT2D eigenvalue weighted by atomic mass is 10.1. The lowest BCUT2D eigenvalue weighted by Gasteiger charge is -2.18. The summed E-state index contributed by atoms with van der Waals surface area (Å²) in [5, 5.41) is 8.91. The van der Waals surface area contributed by atoms with Crippen LogP contribution in [-0.2, 0) is 6.42 Å². The predicted molar refractivity (Wildman–Crippen MR) is 58.6 cm³/mol. The Bertz CT molecular complexity index is 349. The van der Waals surface area contributed by atoms with E-state index in [2.05, 4.69) is 17.0 Å². The Kier molecular flexibility index (Phi) is 2.33. The zero-order chi connectivity index (χ0) is 10.1. The molecule has 0 radical (unpaired) electrons. The summed E-state index contributed by atoms with van der Waals surface area (Å²) in [6, 6.07) is 4.18. The van der Waals surface area contributed by atoms with Crippen molar-refractivity contribution < 1.29 is 5.11 Å². The molecule has 76 valence electrons. The van der Waals surface area contributed by atoms with E-state index in [9.17, 15) is 0 Å². The van der Waals surface area contributed by atoms with Crippen molar-refractivity contribution in [3.05, 3.63) is 23.3 Å². The minimum Gasteiger partial charge on any atom is -0.399 e. The summed E-state index contributed by atoms with van der Waals surface area (Å²) >= 11 is 0. The molecule has 1 aliphatic rings. The van der Waals surface area contributed by atoms with Gasteiger partial charge < -0.3 is 15.7 Å². The first-order valence-corrected chi connectivity index (χ1v) is 4.97. The lowest BCUT2D eigenvalue weighted by Crippen LogP contribution is -2.24. The molecule has 0 aliphatic carbocycles. The maximum absolute atomic E-state index is 8.91. The monoisotopic (exact) mass is 192 g/mol. The van der Waals surface area contributed by atoms with Crippen LogP contribution in [0.3, 0.4) is 0 Å². The molecule has 0 bridgehead atoms. The van der Waals surface area contributed by atoms with E-state index in [1.54, 1.807) is 0 Å². The molecule has 2 rings (SSSR count). The van der Waals surface area contributed by atoms with E-state index in [4.69, 9.17) is 10.8 Å². The van der Waals surface area contributed by atoms with Crippen LogP contribution in [0.15, 0.2) is 12.1 Å². The molecular formula is C11H16N2O. The Hall–Kier alpha value is -1.22. The van der Waals surface area contributed by atoms with Crippen LogP contribution in [0, 0.1) is 6.92 Å². The van der Waals surface area contributed by atoms with Gasteiger partial charge in [-0.1, -0.05) is 0 Å². The second kappa shape index (κ2) is 3.50. The molecule has 0 atom stereocenters. The van der Waals surface area contributed by atoms with Crippen LogP contribution < -0.4 is 10.6 Å². The minimum atomic E-state index is 0.211. The smallest absolute Gasteiger partial charge is 0.0606 e. The van der Waals surface area contributed by atoms with Gasteiger partial charge >= 0.3 is 0 Å². The van der Waals surface area contributed by atoms with Gasteiger partial charge in [-0.15, -0.1) is 0 Å². The third-order valence-electron chi connectivity index (χ3n) is 2.83. The Balaban J connectivity index is 2.35. The molecule has 0 aromatic heterocycles. The first-order chi connectivity index (χ1) is 6.72. The highest BCUT2D eigenvalue weighted by atomic mass is 16.3. The molecule has 1 aromatic rings. The Morgan fingerprint density at radius 2 is 2.29 bits per heavy atom. The molecule has 0 fully saturated rings. The highest BCUT2D eigenvalue weighted by molar-refractivity contribution is 5.66. The topological polar surface area (TPSA) is 49.5 Å². The fraction of sp³-hybridized carbons (Fsp3) is 0.455. The van der Waals surface area contributed by atoms with Gasteiger partial charge in [-0.05, 0) is 36.6 Å². The molecule has 0 saturated heterocycles. The maximum atomic E-state index is 8.91. The van der Waals surface area contributed by atoms with Crippen LogP contribution in [0.5, 0.6) is 0 Å². The molecule has 3 nitrogen and oxygen atoms in total. The molecule has 0 unspecified atom stereocenters. The molecule has 1 heterocycles. The molecule has 3 heteroatoms. The predicted octanol–water partition coefficient (Wildman–Crippen LogP) is 0.932. The van der Waals surface area contributed by atoms with Crippen LogP contribution >= 0.6 is 0 Å². The van der Waals surface area contributed by atoms with Crippen molar-refractivity contribution in [1.29, 1.82) is 0 Å². The SMILES string of the molecule is Cc1cc2c(cc1N)CCN2CCO. The summed E-state index contributed by atoms with van der Waals surface area (Å²) in [5.41, 5.74) is 10.4. The molecule has 1 aromatic carbocycles. The molecule has 14 heavy (non-hydrogen) atoms. The summed E-state index contributed by atoms with van der Waals surface area (Å²) in [6.07, 6.45) is 1.04. The zero-order valence-corrected chi connectivity index (χ0v) is 8.45. The molecule has 0 spiro atoms. The van der Waals surface area contributed by atoms with E-state index >= 15 is 0 Å². The number of fused-ring (bicyclic) bond motifs is 1. The first kappa shape index (κ1) is 9.34. The van der Waals surface area contributed by atoms with Gasteiger partial charge in [-0.25, -0.2) is 0 Å². The van der Waals surface area contributed by atoms with Gasteiger partial charge in [0.1, 0.15) is 0 Å². The number of rotatable bonds is 2. The third kappa shape index (κ3) is 1.44. The average Bonchev–Trinajstić information content (AvgIpc) is 2.51. The molecular weight excluding hydrogens is 176 g/mol. The molecule has 0 saturated carbocycles. The van der Waals surface area contributed by atoms with Crippen molar-refractivity contribution in [2.75, 3.05) is 30.3 Å². The van der Waals surface area contributed by atoms with E-state index in [1.165, 1.54) is 11.3 Å². The summed E-state index contributed by atoms with van der Waals surface area (Å²) < 4.78 is 0. The van der Waals surface area contributed by atoms with E-state index in [0.29, 0.717) is 0 Å². The molecule has 1 aliphatic heterocycles. The Morgan fingerprint density at radius 3 is 3.00 bits per heavy atom. The highest BCUT2D eigenvalue weighted by Crippen LogP contribution is 2.31. The number of β-amino-alcohol motifs (C(OH)–C–C–N with tert-alkyl or cyclic N) is 1. The molecule has 0 amide bonds. The second-order valence-corrected chi connectivity index (χ2v) is 3.80. The second-order valence-electron chi connectivity index (χ2n) is 3.80. The number of aliphatic hydroxyl groups is 1. The van der Waals surface area contributed by atoms with Gasteiger partial charge in [0.2, 0.25) is 0 Å². The van der Waals surface area contributed by atoms with Gasteiger partial charge in [0.05, 0.1) is 6.61 Å². The summed E-state index contributed by atoms with van der Waals surface area (Å²) in [4.78, 5) is 2.21. The lowest BCUT2D eigenvalue weighted by molar-refractivity contribution is 0.303. The van der Waals surface area contributed by atoms with Crippen LogP contribution in [0.2, 0.25) is 0 Å². The fourth-order valence-corrected chi connectivity index (χ4v) is 1.98. The standard InChI is InChI=1S/C11H16N2O/c1-8-6-11-9(7-10(8)12)2-3-13(11)4-5-14/h6-7,14H,2-5,12H2,1H3. The largest absolute Gasteiger partial charge is 0.399 e. The number of nitrogens with two attached hydrogens (primary N) is 1. The first-order valence-electron chi connectivity index (χ1n) is 4.97. The van der Waals surface area contributed by atoms with Gasteiger partial charge in [-0.2, -0.15) is 0 Å². The van der Waals surface area contributed by atoms with Crippen molar-refractivity contribution in [3.63, 3.8) is 0 Å². The number of hydrogen-bond acceptors (Lipinski definition) is 3. The quantitative estimate of drug-likeness (QED) is 0.685. The number of aliphatic hydroxyl groups excluding tert-OH is 1. The summed E-state index contributed by atoms with van der Waals surface area (Å²) in [7, 11) is 0. The zero-order valence-electron chi connectivity index (χ0n) is 8.45. The minimum absolute atomic E-state index is 0.211. The van der Waals surface area contributed by atoms with Gasteiger partial charge in [0.25, 0.3) is 0 Å². The van der Waals surface area contributed by atoms with E-state index in [1.807, 2.05) is 6.92 Å². The normalized spacial score (nSPS) is 14.6. The third-order valence-corrected chi connectivity index (χ3v) is 2.83. The fourth-order valence-electron chi connectivity index (χ4n) is 1.98. The van der Waals surface area contributed by atoms with Crippen molar-refractivity contribution in [2.45, 2.75) is 13.3 Å². The van der Waals surface area contributed by atoms with Crippen LogP contribution in [0.4, 0.5) is 11.4 Å². The Labute approximate surface area is 84.1 Å². The molecule has 3 N–H and O–H groups in total. The van der Waals surface area contributed by atoms with E-state index in [-0.39, 0.29) is 6.61 Å². The highest BCUT2D eigenvalue weighted by Gasteiger charge is 2.19. The van der Waals surface area contributed by atoms with Crippen molar-refractivity contribution >= 4 is 11.4 Å². The van der Waals surface area contributed by atoms with Gasteiger partial charge in [0, 0.05) is 24.5 Å². The van der Waals surface area contributed by atoms with Crippen LogP contribution in [-0.4, -0.2) is 24.8 Å². The van der Waals surface area contributed by atoms with E-state index < -0.39 is 0 Å². The van der Waals surface area contributed by atoms with Gasteiger partial charge in [0.15, 0.2) is 0 Å². The number of hydrogen-bond donors (Lipinski definition) is 2.